The molecular weight excluding hydrogens is 315 g/mol. The Morgan fingerprint density at radius 3 is 2.57 bits per heavy atom. The van der Waals surface area contributed by atoms with Crippen LogP contribution < -0.4 is 4.74 Å². The Morgan fingerprint density at radius 2 is 1.95 bits per heavy atom. The maximum Gasteiger partial charge on any atom is 0.233 e. The van der Waals surface area contributed by atoms with E-state index in [0.29, 0.717) is 5.56 Å². The molecule has 3 nitrogen and oxygen atoms in total. The topological polar surface area (TPSA) is 43.4 Å². The molecule has 0 spiro atoms. The van der Waals surface area contributed by atoms with Crippen molar-refractivity contribution in [2.45, 2.75) is 39.0 Å². The van der Waals surface area contributed by atoms with Crippen LogP contribution in [0.15, 0.2) is 18.2 Å². The number of ether oxygens (including phenoxy) is 1. The zero-order valence-electron chi connectivity index (χ0n) is 12.1. The van der Waals surface area contributed by atoms with Gasteiger partial charge >= 0.3 is 0 Å². The van der Waals surface area contributed by atoms with Crippen LogP contribution in [0.5, 0.6) is 5.75 Å². The summed E-state index contributed by atoms with van der Waals surface area (Å²) in [6.07, 6.45) is 4.47. The van der Waals surface area contributed by atoms with Gasteiger partial charge in [-0.15, -0.1) is 0 Å². The summed E-state index contributed by atoms with van der Waals surface area (Å²) < 4.78 is 42.5. The van der Waals surface area contributed by atoms with Gasteiger partial charge in [-0.3, -0.25) is 0 Å². The van der Waals surface area contributed by atoms with Crippen LogP contribution in [0.4, 0.5) is 4.39 Å². The standard InChI is InChI=1S/C15H20ClFO3S/c1-12-6-5-7-13(14(12)17)20-10-15(11-21(16,18)19)8-3-2-4-9-15/h5-7H,2-4,8-11H2,1H3. The highest BCUT2D eigenvalue weighted by Crippen LogP contribution is 2.39. The van der Waals surface area contributed by atoms with Crippen molar-refractivity contribution < 1.29 is 17.5 Å². The molecule has 1 aliphatic rings. The SMILES string of the molecule is Cc1cccc(OCC2(CS(=O)(=O)Cl)CCCCC2)c1F. The molecular formula is C15H20ClFO3S. The van der Waals surface area contributed by atoms with Crippen LogP contribution in [-0.2, 0) is 9.05 Å². The first-order valence-corrected chi connectivity index (χ1v) is 9.59. The molecule has 1 aromatic carbocycles. The first-order chi connectivity index (χ1) is 9.81. The van der Waals surface area contributed by atoms with Crippen molar-refractivity contribution in [3.05, 3.63) is 29.6 Å². The van der Waals surface area contributed by atoms with E-state index in [1.54, 1.807) is 25.1 Å². The minimum Gasteiger partial charge on any atom is -0.490 e. The van der Waals surface area contributed by atoms with E-state index < -0.39 is 20.3 Å². The zero-order valence-corrected chi connectivity index (χ0v) is 13.6. The molecule has 0 amide bonds. The van der Waals surface area contributed by atoms with Gasteiger partial charge in [0.1, 0.15) is 0 Å². The molecule has 0 unspecified atom stereocenters. The maximum absolute atomic E-state index is 13.9. The van der Waals surface area contributed by atoms with Gasteiger partial charge < -0.3 is 4.74 Å². The molecule has 0 atom stereocenters. The zero-order chi connectivity index (χ0) is 15.5. The third-order valence-electron chi connectivity index (χ3n) is 4.08. The van der Waals surface area contributed by atoms with Gasteiger partial charge in [-0.2, -0.15) is 0 Å². The van der Waals surface area contributed by atoms with Gasteiger partial charge in [-0.1, -0.05) is 31.4 Å². The lowest BCUT2D eigenvalue weighted by Gasteiger charge is -2.35. The normalized spacial score (nSPS) is 18.4. The fourth-order valence-electron chi connectivity index (χ4n) is 2.96. The van der Waals surface area contributed by atoms with Crippen molar-refractivity contribution >= 4 is 19.7 Å². The predicted molar refractivity (Wildman–Crippen MR) is 81.8 cm³/mol. The Balaban J connectivity index is 2.14. The average molecular weight is 335 g/mol. The second kappa shape index (κ2) is 6.53. The van der Waals surface area contributed by atoms with Crippen LogP contribution in [0.1, 0.15) is 37.7 Å². The smallest absolute Gasteiger partial charge is 0.233 e. The molecule has 6 heteroatoms. The van der Waals surface area contributed by atoms with E-state index in [1.165, 1.54) is 0 Å². The summed E-state index contributed by atoms with van der Waals surface area (Å²) >= 11 is 0. The molecule has 1 saturated carbocycles. The molecule has 0 aromatic heterocycles. The lowest BCUT2D eigenvalue weighted by molar-refractivity contribution is 0.116. The fraction of sp³-hybridized carbons (Fsp3) is 0.600. The maximum atomic E-state index is 13.9. The van der Waals surface area contributed by atoms with Gasteiger partial charge in [-0.05, 0) is 31.4 Å². The molecule has 1 fully saturated rings. The number of rotatable bonds is 5. The van der Waals surface area contributed by atoms with E-state index in [-0.39, 0.29) is 18.1 Å². The largest absolute Gasteiger partial charge is 0.490 e. The quantitative estimate of drug-likeness (QED) is 0.763. The van der Waals surface area contributed by atoms with E-state index in [4.69, 9.17) is 15.4 Å². The van der Waals surface area contributed by atoms with Gasteiger partial charge in [0.15, 0.2) is 11.6 Å². The lowest BCUT2D eigenvalue weighted by atomic mass is 9.76. The third-order valence-corrected chi connectivity index (χ3v) is 5.37. The predicted octanol–water partition coefficient (Wildman–Crippen LogP) is 4.03. The van der Waals surface area contributed by atoms with Gasteiger partial charge in [0, 0.05) is 16.1 Å². The molecule has 1 aliphatic carbocycles. The van der Waals surface area contributed by atoms with E-state index in [1.807, 2.05) is 0 Å². The van der Waals surface area contributed by atoms with Crippen molar-refractivity contribution in [2.24, 2.45) is 5.41 Å². The van der Waals surface area contributed by atoms with E-state index in [9.17, 15) is 12.8 Å². The van der Waals surface area contributed by atoms with Crippen LogP contribution in [0.25, 0.3) is 0 Å². The summed E-state index contributed by atoms with van der Waals surface area (Å²) in [5, 5.41) is 0. The van der Waals surface area contributed by atoms with Crippen LogP contribution in [0.3, 0.4) is 0 Å². The average Bonchev–Trinajstić information content (AvgIpc) is 2.40. The van der Waals surface area contributed by atoms with Crippen molar-refractivity contribution in [1.29, 1.82) is 0 Å². The fourth-order valence-corrected chi connectivity index (χ4v) is 4.76. The second-order valence-corrected chi connectivity index (χ2v) is 8.70. The van der Waals surface area contributed by atoms with Crippen molar-refractivity contribution in [3.63, 3.8) is 0 Å². The van der Waals surface area contributed by atoms with Crippen LogP contribution in [0, 0.1) is 18.2 Å². The summed E-state index contributed by atoms with van der Waals surface area (Å²) in [4.78, 5) is 0. The summed E-state index contributed by atoms with van der Waals surface area (Å²) in [5.41, 5.74) is 0.00447. The molecule has 1 aromatic rings. The molecule has 0 aliphatic heterocycles. The Kier molecular flexibility index (Phi) is 5.15. The number of hydrogen-bond acceptors (Lipinski definition) is 3. The van der Waals surface area contributed by atoms with Gasteiger partial charge in [0.05, 0.1) is 12.4 Å². The summed E-state index contributed by atoms with van der Waals surface area (Å²) in [6, 6.07) is 4.95. The molecule has 118 valence electrons. The van der Waals surface area contributed by atoms with Crippen molar-refractivity contribution in [3.8, 4) is 5.75 Å². The summed E-state index contributed by atoms with van der Waals surface area (Å²) in [5.74, 6) is -0.334. The number of aryl methyl sites for hydroxylation is 1. The monoisotopic (exact) mass is 334 g/mol. The van der Waals surface area contributed by atoms with E-state index in [2.05, 4.69) is 0 Å². The summed E-state index contributed by atoms with van der Waals surface area (Å²) in [6.45, 7) is 1.85. The Labute approximate surface area is 129 Å². The van der Waals surface area contributed by atoms with Crippen molar-refractivity contribution in [1.82, 2.24) is 0 Å². The molecule has 0 N–H and O–H groups in total. The lowest BCUT2D eigenvalue weighted by Crippen LogP contribution is -2.37. The molecule has 0 bridgehead atoms. The highest BCUT2D eigenvalue weighted by molar-refractivity contribution is 8.13. The first kappa shape index (κ1) is 16.6. The Morgan fingerprint density at radius 1 is 1.29 bits per heavy atom. The highest BCUT2D eigenvalue weighted by Gasteiger charge is 2.37. The van der Waals surface area contributed by atoms with E-state index >= 15 is 0 Å². The van der Waals surface area contributed by atoms with Crippen LogP contribution >= 0.6 is 10.7 Å². The van der Waals surface area contributed by atoms with Crippen LogP contribution in [-0.4, -0.2) is 20.8 Å². The van der Waals surface area contributed by atoms with E-state index in [0.717, 1.165) is 32.1 Å². The van der Waals surface area contributed by atoms with Crippen molar-refractivity contribution in [2.75, 3.05) is 12.4 Å². The second-order valence-electron chi connectivity index (χ2n) is 5.92. The van der Waals surface area contributed by atoms with Crippen LogP contribution in [0.2, 0.25) is 0 Å². The minimum absolute atomic E-state index is 0.116. The Hall–Kier alpha value is -0.810. The number of halogens is 2. The third kappa shape index (κ3) is 4.58. The molecule has 0 radical (unpaired) electrons. The van der Waals surface area contributed by atoms with Gasteiger partial charge in [0.25, 0.3) is 0 Å². The molecule has 0 saturated heterocycles. The highest BCUT2D eigenvalue weighted by atomic mass is 35.7. The minimum atomic E-state index is -3.61. The molecule has 2 rings (SSSR count). The Bertz CT molecular complexity index is 595. The molecule has 0 heterocycles. The first-order valence-electron chi connectivity index (χ1n) is 7.12. The van der Waals surface area contributed by atoms with Gasteiger partial charge in [0.2, 0.25) is 9.05 Å². The number of benzene rings is 1. The van der Waals surface area contributed by atoms with Gasteiger partial charge in [-0.25, -0.2) is 12.8 Å². The number of hydrogen-bond donors (Lipinski definition) is 0. The molecule has 21 heavy (non-hydrogen) atoms. The summed E-state index contributed by atoms with van der Waals surface area (Å²) in [7, 11) is 1.83.